The van der Waals surface area contributed by atoms with E-state index in [4.69, 9.17) is 5.11 Å². The van der Waals surface area contributed by atoms with Crippen LogP contribution in [0.5, 0.6) is 0 Å². The van der Waals surface area contributed by atoms with Gasteiger partial charge in [0.15, 0.2) is 5.69 Å². The molecule has 2 heterocycles. The van der Waals surface area contributed by atoms with Gasteiger partial charge in [0.1, 0.15) is 16.6 Å². The van der Waals surface area contributed by atoms with E-state index in [0.29, 0.717) is 10.0 Å². The number of anilines is 2. The summed E-state index contributed by atoms with van der Waals surface area (Å²) in [4.78, 5) is 18.6. The number of rotatable bonds is 3. The predicted octanol–water partition coefficient (Wildman–Crippen LogP) is 2.43. The SMILES string of the molecule is Cc1nc(C(=O)O)c(Nc2cc(F)ccn2)s1. The van der Waals surface area contributed by atoms with Crippen LogP contribution in [0.4, 0.5) is 15.2 Å². The molecule has 0 amide bonds. The summed E-state index contributed by atoms with van der Waals surface area (Å²) < 4.78 is 12.9. The van der Waals surface area contributed by atoms with Gasteiger partial charge < -0.3 is 10.4 Å². The normalized spacial score (nSPS) is 10.2. The maximum atomic E-state index is 12.9. The smallest absolute Gasteiger partial charge is 0.357 e. The maximum absolute atomic E-state index is 12.9. The second-order valence-electron chi connectivity index (χ2n) is 3.20. The van der Waals surface area contributed by atoms with Crippen LogP contribution in [0.3, 0.4) is 0 Å². The van der Waals surface area contributed by atoms with Crippen LogP contribution in [0.25, 0.3) is 0 Å². The number of nitrogens with zero attached hydrogens (tertiary/aromatic N) is 2. The number of hydrogen-bond acceptors (Lipinski definition) is 5. The summed E-state index contributed by atoms with van der Waals surface area (Å²) >= 11 is 1.18. The summed E-state index contributed by atoms with van der Waals surface area (Å²) in [6, 6.07) is 2.39. The number of carbonyl (C=O) groups is 1. The lowest BCUT2D eigenvalue weighted by atomic mass is 10.4. The lowest BCUT2D eigenvalue weighted by molar-refractivity contribution is 0.0692. The Labute approximate surface area is 100.0 Å². The number of hydrogen-bond donors (Lipinski definition) is 2. The monoisotopic (exact) mass is 253 g/mol. The van der Waals surface area contributed by atoms with E-state index in [0.717, 1.165) is 0 Å². The van der Waals surface area contributed by atoms with Gasteiger partial charge in [-0.2, -0.15) is 0 Å². The van der Waals surface area contributed by atoms with Crippen LogP contribution in [0.15, 0.2) is 18.3 Å². The number of nitrogens with one attached hydrogen (secondary N) is 1. The number of aromatic carboxylic acids is 1. The lowest BCUT2D eigenvalue weighted by Crippen LogP contribution is -2.02. The lowest BCUT2D eigenvalue weighted by Gasteiger charge is -2.02. The summed E-state index contributed by atoms with van der Waals surface area (Å²) in [5.74, 6) is -1.33. The fraction of sp³-hybridized carbons (Fsp3) is 0.100. The number of aryl methyl sites for hydroxylation is 1. The molecular weight excluding hydrogens is 245 g/mol. The molecule has 0 saturated carbocycles. The highest BCUT2D eigenvalue weighted by Gasteiger charge is 2.16. The van der Waals surface area contributed by atoms with Crippen molar-refractivity contribution in [1.29, 1.82) is 0 Å². The second kappa shape index (κ2) is 4.46. The molecule has 0 aliphatic heterocycles. The van der Waals surface area contributed by atoms with E-state index in [2.05, 4.69) is 15.3 Å². The molecule has 17 heavy (non-hydrogen) atoms. The molecule has 0 unspecified atom stereocenters. The fourth-order valence-electron chi connectivity index (χ4n) is 1.25. The maximum Gasteiger partial charge on any atom is 0.357 e. The van der Waals surface area contributed by atoms with Crippen molar-refractivity contribution in [2.45, 2.75) is 6.92 Å². The minimum absolute atomic E-state index is 0.0847. The molecule has 0 fully saturated rings. The Morgan fingerprint density at radius 2 is 2.35 bits per heavy atom. The number of pyridine rings is 1. The molecule has 0 aromatic carbocycles. The van der Waals surface area contributed by atoms with Crippen molar-refractivity contribution in [3.63, 3.8) is 0 Å². The van der Waals surface area contributed by atoms with E-state index in [1.54, 1.807) is 6.92 Å². The minimum Gasteiger partial charge on any atom is -0.476 e. The molecule has 0 atom stereocenters. The zero-order chi connectivity index (χ0) is 12.4. The average Bonchev–Trinajstić information content (AvgIpc) is 2.59. The van der Waals surface area contributed by atoms with Crippen LogP contribution in [-0.4, -0.2) is 21.0 Å². The van der Waals surface area contributed by atoms with Crippen LogP contribution in [0.1, 0.15) is 15.5 Å². The summed E-state index contributed by atoms with van der Waals surface area (Å²) in [6.07, 6.45) is 1.30. The van der Waals surface area contributed by atoms with E-state index in [1.165, 1.54) is 29.7 Å². The highest BCUT2D eigenvalue weighted by atomic mass is 32.1. The van der Waals surface area contributed by atoms with Crippen molar-refractivity contribution in [2.75, 3.05) is 5.32 Å². The number of carboxylic acid groups (broad SMARTS) is 1. The molecular formula is C10H8FN3O2S. The Bertz CT molecular complexity index is 570. The van der Waals surface area contributed by atoms with Gasteiger partial charge >= 0.3 is 5.97 Å². The van der Waals surface area contributed by atoms with Crippen molar-refractivity contribution in [3.8, 4) is 0 Å². The molecule has 2 aromatic heterocycles. The first-order valence-electron chi connectivity index (χ1n) is 4.65. The Morgan fingerprint density at radius 3 is 3.00 bits per heavy atom. The minimum atomic E-state index is -1.13. The third kappa shape index (κ3) is 2.56. The van der Waals surface area contributed by atoms with Gasteiger partial charge in [-0.1, -0.05) is 0 Å². The van der Waals surface area contributed by atoms with Crippen molar-refractivity contribution in [1.82, 2.24) is 9.97 Å². The molecule has 0 saturated heterocycles. The number of thiazole rings is 1. The van der Waals surface area contributed by atoms with Crippen molar-refractivity contribution >= 4 is 28.1 Å². The molecule has 2 aromatic rings. The zero-order valence-corrected chi connectivity index (χ0v) is 9.58. The van der Waals surface area contributed by atoms with Crippen molar-refractivity contribution < 1.29 is 14.3 Å². The van der Waals surface area contributed by atoms with Gasteiger partial charge in [0.25, 0.3) is 0 Å². The van der Waals surface area contributed by atoms with Crippen molar-refractivity contribution in [2.24, 2.45) is 0 Å². The van der Waals surface area contributed by atoms with Crippen LogP contribution in [-0.2, 0) is 0 Å². The molecule has 2 rings (SSSR count). The third-order valence-corrected chi connectivity index (χ3v) is 2.79. The van der Waals surface area contributed by atoms with E-state index >= 15 is 0 Å². The topological polar surface area (TPSA) is 75.1 Å². The Kier molecular flexibility index (Phi) is 3.01. The molecule has 0 bridgehead atoms. The Hall–Kier alpha value is -2.02. The largest absolute Gasteiger partial charge is 0.476 e. The summed E-state index contributed by atoms with van der Waals surface area (Å²) in [5.41, 5.74) is -0.0847. The average molecular weight is 253 g/mol. The van der Waals surface area contributed by atoms with Crippen LogP contribution < -0.4 is 5.32 Å². The molecule has 0 aliphatic rings. The molecule has 88 valence electrons. The zero-order valence-electron chi connectivity index (χ0n) is 8.77. The van der Waals surface area contributed by atoms with Gasteiger partial charge in [0.2, 0.25) is 0 Å². The first kappa shape index (κ1) is 11.5. The van der Waals surface area contributed by atoms with E-state index < -0.39 is 11.8 Å². The van der Waals surface area contributed by atoms with Gasteiger partial charge in [0, 0.05) is 12.3 Å². The molecule has 0 radical (unpaired) electrons. The van der Waals surface area contributed by atoms with Crippen molar-refractivity contribution in [3.05, 3.63) is 34.8 Å². The molecule has 0 aliphatic carbocycles. The Morgan fingerprint density at radius 1 is 1.59 bits per heavy atom. The second-order valence-corrected chi connectivity index (χ2v) is 4.40. The van der Waals surface area contributed by atoms with Gasteiger partial charge in [-0.3, -0.25) is 0 Å². The Balaban J connectivity index is 2.32. The van der Waals surface area contributed by atoms with Gasteiger partial charge in [-0.15, -0.1) is 11.3 Å². The number of aromatic nitrogens is 2. The number of halogens is 1. The van der Waals surface area contributed by atoms with Crippen LogP contribution >= 0.6 is 11.3 Å². The fourth-order valence-corrected chi connectivity index (χ4v) is 2.06. The van der Waals surface area contributed by atoms with E-state index in [1.807, 2.05) is 0 Å². The standard InChI is InChI=1S/C10H8FN3O2S/c1-5-13-8(10(15)16)9(17-5)14-7-4-6(11)2-3-12-7/h2-4H,1H3,(H,12,14)(H,15,16). The number of carboxylic acids is 1. The summed E-state index contributed by atoms with van der Waals surface area (Å²) in [5, 5.41) is 12.6. The third-order valence-electron chi connectivity index (χ3n) is 1.90. The molecule has 7 heteroatoms. The van der Waals surface area contributed by atoms with E-state index in [9.17, 15) is 9.18 Å². The predicted molar refractivity (Wildman–Crippen MR) is 61.3 cm³/mol. The van der Waals surface area contributed by atoms with Gasteiger partial charge in [-0.25, -0.2) is 19.2 Å². The van der Waals surface area contributed by atoms with Crippen LogP contribution in [0, 0.1) is 12.7 Å². The summed E-state index contributed by atoms with van der Waals surface area (Å²) in [7, 11) is 0. The molecule has 5 nitrogen and oxygen atoms in total. The van der Waals surface area contributed by atoms with Crippen LogP contribution in [0.2, 0.25) is 0 Å². The summed E-state index contributed by atoms with van der Waals surface area (Å²) in [6.45, 7) is 1.70. The molecule has 0 spiro atoms. The van der Waals surface area contributed by atoms with Gasteiger partial charge in [0.05, 0.1) is 5.01 Å². The van der Waals surface area contributed by atoms with Gasteiger partial charge in [-0.05, 0) is 13.0 Å². The van der Waals surface area contributed by atoms with E-state index in [-0.39, 0.29) is 11.5 Å². The first-order chi connectivity index (χ1) is 8.06. The highest BCUT2D eigenvalue weighted by molar-refractivity contribution is 7.16. The first-order valence-corrected chi connectivity index (χ1v) is 5.47. The molecule has 2 N–H and O–H groups in total. The quantitative estimate of drug-likeness (QED) is 0.878. The highest BCUT2D eigenvalue weighted by Crippen LogP contribution is 2.27.